The van der Waals surface area contributed by atoms with Crippen molar-refractivity contribution in [3.8, 4) is 0 Å². The highest BCUT2D eigenvalue weighted by atomic mass is 31.2. The standard InChI is InChI=1S/C70H136O17P2/c1-8-10-11-34-44-51-67(72)80-57-65(86-69(74)54-47-40-33-27-21-19-23-29-36-42-49-62(5)6)59-84-88(76,77)82-55-64(71)56-83-89(78,79)85-60-66(58-81-68(73)52-45-38-31-25-20-18-22-28-35-41-48-61(3)4)87-70(75)53-46-39-32-26-17-15-13-12-14-16-24-30-37-43-50-63(7)9-2/h61-66,71H,8-60H2,1-7H3,(H,76,77)(H,78,79)/t63?,64-,65+,66+/m0/s1. The fraction of sp³-hybridized carbons (Fsp3) is 0.943. The van der Waals surface area contributed by atoms with Gasteiger partial charge in [0.2, 0.25) is 0 Å². The lowest BCUT2D eigenvalue weighted by atomic mass is 9.99. The first kappa shape index (κ1) is 87.1. The Morgan fingerprint density at radius 3 is 0.854 bits per heavy atom. The summed E-state index contributed by atoms with van der Waals surface area (Å²) in [6.07, 6.45) is 44.7. The van der Waals surface area contributed by atoms with Crippen molar-refractivity contribution in [3.63, 3.8) is 0 Å². The Bertz CT molecular complexity index is 1750. The van der Waals surface area contributed by atoms with E-state index in [1.54, 1.807) is 0 Å². The number of aliphatic hydroxyl groups is 1. The summed E-state index contributed by atoms with van der Waals surface area (Å²) in [4.78, 5) is 72.3. The zero-order valence-corrected chi connectivity index (χ0v) is 59.7. The third-order valence-electron chi connectivity index (χ3n) is 16.5. The lowest BCUT2D eigenvalue weighted by Gasteiger charge is -2.21. The van der Waals surface area contributed by atoms with Gasteiger partial charge in [-0.25, -0.2) is 9.13 Å². The molecule has 528 valence electrons. The number of carbonyl (C=O) groups is 4. The quantitative estimate of drug-likeness (QED) is 0.0222. The van der Waals surface area contributed by atoms with Gasteiger partial charge in [-0.2, -0.15) is 0 Å². The lowest BCUT2D eigenvalue weighted by Crippen LogP contribution is -2.30. The Hall–Kier alpha value is -1.94. The Morgan fingerprint density at radius 1 is 0.326 bits per heavy atom. The van der Waals surface area contributed by atoms with Gasteiger partial charge in [-0.1, -0.05) is 299 Å². The molecule has 0 radical (unpaired) electrons. The van der Waals surface area contributed by atoms with E-state index in [1.165, 1.54) is 154 Å². The van der Waals surface area contributed by atoms with Crippen LogP contribution in [0.15, 0.2) is 0 Å². The third-order valence-corrected chi connectivity index (χ3v) is 18.4. The molecule has 0 saturated heterocycles. The number of aliphatic hydroxyl groups excluding tert-OH is 1. The van der Waals surface area contributed by atoms with Crippen LogP contribution in [0.25, 0.3) is 0 Å². The van der Waals surface area contributed by atoms with Crippen LogP contribution < -0.4 is 0 Å². The van der Waals surface area contributed by atoms with Crippen LogP contribution in [0.1, 0.15) is 350 Å². The van der Waals surface area contributed by atoms with Crippen molar-refractivity contribution >= 4 is 39.5 Å². The molecular formula is C70H136O17P2. The molecule has 0 spiro atoms. The number of carbonyl (C=O) groups excluding carboxylic acids is 4. The van der Waals surface area contributed by atoms with Crippen molar-refractivity contribution in [2.75, 3.05) is 39.6 Å². The molecule has 0 bridgehead atoms. The van der Waals surface area contributed by atoms with Gasteiger partial charge in [-0.05, 0) is 43.4 Å². The van der Waals surface area contributed by atoms with Crippen LogP contribution in [0.3, 0.4) is 0 Å². The predicted molar refractivity (Wildman–Crippen MR) is 358 cm³/mol. The number of hydrogen-bond acceptors (Lipinski definition) is 15. The van der Waals surface area contributed by atoms with Gasteiger partial charge in [0.15, 0.2) is 12.2 Å². The normalized spacial score (nSPS) is 14.5. The summed E-state index contributed by atoms with van der Waals surface area (Å²) >= 11 is 0. The summed E-state index contributed by atoms with van der Waals surface area (Å²) in [5.41, 5.74) is 0. The zero-order valence-electron chi connectivity index (χ0n) is 57.9. The first-order valence-electron chi connectivity index (χ1n) is 36.4. The smallest absolute Gasteiger partial charge is 0.462 e. The number of unbranched alkanes of at least 4 members (excludes halogenated alkanes) is 35. The summed E-state index contributed by atoms with van der Waals surface area (Å²) < 4.78 is 68.1. The second-order valence-corrected chi connectivity index (χ2v) is 29.4. The molecule has 0 aliphatic heterocycles. The molecule has 0 aromatic heterocycles. The maximum atomic E-state index is 13.0. The number of phosphoric ester groups is 2. The van der Waals surface area contributed by atoms with Crippen LogP contribution >= 0.6 is 15.6 Å². The molecular weight excluding hydrogens is 1170 g/mol. The SMILES string of the molecule is CCCCCCCC(=O)OC[C@H](COP(=O)(O)OC[C@H](O)COP(=O)(O)OC[C@@H](COC(=O)CCCCCCCCCCCCC(C)C)OC(=O)CCCCCCCCCCCCCCCCC(C)CC)OC(=O)CCCCCCCCCCCCC(C)C. The first-order valence-corrected chi connectivity index (χ1v) is 39.4. The topological polar surface area (TPSA) is 237 Å². The third kappa shape index (κ3) is 63.2. The molecule has 0 amide bonds. The van der Waals surface area contributed by atoms with Crippen molar-refractivity contribution in [1.82, 2.24) is 0 Å². The van der Waals surface area contributed by atoms with Gasteiger partial charge < -0.3 is 33.8 Å². The molecule has 0 aromatic rings. The number of hydrogen-bond donors (Lipinski definition) is 3. The molecule has 0 aliphatic carbocycles. The van der Waals surface area contributed by atoms with E-state index >= 15 is 0 Å². The van der Waals surface area contributed by atoms with Gasteiger partial charge in [0.25, 0.3) is 0 Å². The molecule has 0 aromatic carbocycles. The number of rotatable bonds is 68. The fourth-order valence-corrected chi connectivity index (χ4v) is 12.1. The van der Waals surface area contributed by atoms with Crippen molar-refractivity contribution in [2.24, 2.45) is 17.8 Å². The van der Waals surface area contributed by atoms with Gasteiger partial charge in [0, 0.05) is 25.7 Å². The highest BCUT2D eigenvalue weighted by molar-refractivity contribution is 7.47. The number of phosphoric acid groups is 2. The van der Waals surface area contributed by atoms with Crippen molar-refractivity contribution in [1.29, 1.82) is 0 Å². The lowest BCUT2D eigenvalue weighted by molar-refractivity contribution is -0.161. The summed E-state index contributed by atoms with van der Waals surface area (Å²) in [5.74, 6) is 0.220. The van der Waals surface area contributed by atoms with Gasteiger partial charge in [-0.3, -0.25) is 37.3 Å². The minimum absolute atomic E-state index is 0.105. The van der Waals surface area contributed by atoms with E-state index in [0.29, 0.717) is 25.7 Å². The monoisotopic (exact) mass is 1310 g/mol. The van der Waals surface area contributed by atoms with E-state index in [2.05, 4.69) is 48.5 Å². The Kier molecular flexibility index (Phi) is 59.6. The predicted octanol–water partition coefficient (Wildman–Crippen LogP) is 19.8. The second-order valence-electron chi connectivity index (χ2n) is 26.5. The maximum Gasteiger partial charge on any atom is 0.472 e. The van der Waals surface area contributed by atoms with Crippen LogP contribution in [-0.4, -0.2) is 96.7 Å². The molecule has 89 heavy (non-hydrogen) atoms. The molecule has 0 heterocycles. The molecule has 3 N–H and O–H groups in total. The van der Waals surface area contributed by atoms with Crippen LogP contribution in [0.2, 0.25) is 0 Å². The molecule has 0 aliphatic rings. The van der Waals surface area contributed by atoms with E-state index in [-0.39, 0.29) is 25.7 Å². The van der Waals surface area contributed by atoms with E-state index in [9.17, 15) is 43.2 Å². The van der Waals surface area contributed by atoms with E-state index in [0.717, 1.165) is 114 Å². The summed E-state index contributed by atoms with van der Waals surface area (Å²) in [6.45, 7) is 11.8. The van der Waals surface area contributed by atoms with Crippen LogP contribution in [-0.2, 0) is 65.4 Å². The second kappa shape index (κ2) is 61.0. The molecule has 0 saturated carbocycles. The van der Waals surface area contributed by atoms with Crippen LogP contribution in [0.5, 0.6) is 0 Å². The van der Waals surface area contributed by atoms with Crippen molar-refractivity contribution in [2.45, 2.75) is 369 Å². The van der Waals surface area contributed by atoms with Gasteiger partial charge in [0.1, 0.15) is 19.3 Å². The van der Waals surface area contributed by atoms with Crippen molar-refractivity contribution in [3.05, 3.63) is 0 Å². The highest BCUT2D eigenvalue weighted by Gasteiger charge is 2.30. The van der Waals surface area contributed by atoms with Crippen molar-refractivity contribution < 1.29 is 80.2 Å². The molecule has 0 rings (SSSR count). The summed E-state index contributed by atoms with van der Waals surface area (Å²) in [7, 11) is -9.89. The van der Waals surface area contributed by atoms with E-state index in [1.807, 2.05) is 0 Å². The Balaban J connectivity index is 5.16. The molecule has 0 fully saturated rings. The average Bonchev–Trinajstić information content (AvgIpc) is 3.53. The molecule has 17 nitrogen and oxygen atoms in total. The average molecular weight is 1310 g/mol. The summed E-state index contributed by atoms with van der Waals surface area (Å²) in [6, 6.07) is 0. The minimum Gasteiger partial charge on any atom is -0.462 e. The zero-order chi connectivity index (χ0) is 65.9. The van der Waals surface area contributed by atoms with Crippen LogP contribution in [0, 0.1) is 17.8 Å². The Morgan fingerprint density at radius 2 is 0.573 bits per heavy atom. The first-order chi connectivity index (χ1) is 42.8. The van der Waals surface area contributed by atoms with E-state index in [4.69, 9.17) is 37.0 Å². The van der Waals surface area contributed by atoms with Gasteiger partial charge in [-0.15, -0.1) is 0 Å². The Labute approximate surface area is 543 Å². The highest BCUT2D eigenvalue weighted by Crippen LogP contribution is 2.45. The van der Waals surface area contributed by atoms with Gasteiger partial charge in [0.05, 0.1) is 26.4 Å². The fourth-order valence-electron chi connectivity index (χ4n) is 10.5. The molecule has 6 atom stereocenters. The summed E-state index contributed by atoms with van der Waals surface area (Å²) in [5, 5.41) is 10.6. The minimum atomic E-state index is -4.95. The molecule has 19 heteroatoms. The number of esters is 4. The largest absolute Gasteiger partial charge is 0.472 e. The number of ether oxygens (including phenoxy) is 4. The van der Waals surface area contributed by atoms with Crippen LogP contribution in [0.4, 0.5) is 0 Å². The van der Waals surface area contributed by atoms with Gasteiger partial charge >= 0.3 is 39.5 Å². The van der Waals surface area contributed by atoms with E-state index < -0.39 is 97.5 Å². The molecule has 3 unspecified atom stereocenters. The maximum absolute atomic E-state index is 13.0.